The van der Waals surface area contributed by atoms with Gasteiger partial charge in [0.15, 0.2) is 0 Å². The first kappa shape index (κ1) is 23.6. The van der Waals surface area contributed by atoms with E-state index in [-0.39, 0.29) is 11.9 Å². The van der Waals surface area contributed by atoms with Crippen LogP contribution in [0, 0.1) is 17.7 Å². The summed E-state index contributed by atoms with van der Waals surface area (Å²) in [7, 11) is 1.67. The zero-order valence-corrected chi connectivity index (χ0v) is 20.0. The fraction of sp³-hybridized carbons (Fsp3) is 0.280. The highest BCUT2D eigenvalue weighted by Crippen LogP contribution is 2.23. The quantitative estimate of drug-likeness (QED) is 0.232. The number of anilines is 1. The van der Waals surface area contributed by atoms with E-state index in [0.717, 1.165) is 45.3 Å². The van der Waals surface area contributed by atoms with Gasteiger partial charge in [0.2, 0.25) is 5.90 Å². The molecular weight excluding hydrogens is 448 g/mol. The molecule has 34 heavy (non-hydrogen) atoms. The van der Waals surface area contributed by atoms with Gasteiger partial charge in [-0.3, -0.25) is 15.8 Å². The minimum Gasteiger partial charge on any atom is -0.405 e. The lowest BCUT2D eigenvalue weighted by atomic mass is 10.0. The van der Waals surface area contributed by atoms with E-state index < -0.39 is 6.17 Å². The number of fused-ring (bicyclic) bond motifs is 1. The van der Waals surface area contributed by atoms with Gasteiger partial charge in [-0.15, -0.1) is 11.3 Å². The van der Waals surface area contributed by atoms with E-state index in [9.17, 15) is 0 Å². The predicted molar refractivity (Wildman–Crippen MR) is 137 cm³/mol. The number of nitrogens with zero attached hydrogens (tertiary/aromatic N) is 2. The molecule has 0 saturated heterocycles. The number of hydrogen-bond acceptors (Lipinski definition) is 8. The molecule has 8 nitrogen and oxygen atoms in total. The first-order valence-electron chi connectivity index (χ1n) is 11.1. The summed E-state index contributed by atoms with van der Waals surface area (Å²) in [6.45, 7) is 3.00. The Hall–Kier alpha value is -3.56. The average Bonchev–Trinajstić information content (AvgIpc) is 3.12. The van der Waals surface area contributed by atoms with Crippen molar-refractivity contribution in [2.24, 2.45) is 4.99 Å². The summed E-state index contributed by atoms with van der Waals surface area (Å²) in [5.41, 5.74) is 4.27. The summed E-state index contributed by atoms with van der Waals surface area (Å²) in [6, 6.07) is 17.7. The van der Waals surface area contributed by atoms with E-state index >= 15 is 0 Å². The van der Waals surface area contributed by atoms with Crippen LogP contribution in [0.25, 0.3) is 0 Å². The van der Waals surface area contributed by atoms with Crippen molar-refractivity contribution in [1.29, 1.82) is 10.8 Å². The van der Waals surface area contributed by atoms with Gasteiger partial charge in [0.1, 0.15) is 11.9 Å². The molecule has 2 aromatic carbocycles. The van der Waals surface area contributed by atoms with E-state index in [1.165, 1.54) is 11.3 Å². The molecule has 1 aromatic heterocycles. The number of aryl methyl sites for hydroxylation is 2. The number of rotatable bonds is 7. The van der Waals surface area contributed by atoms with Gasteiger partial charge in [-0.2, -0.15) is 0 Å². The molecule has 0 bridgehead atoms. The van der Waals surface area contributed by atoms with Gasteiger partial charge in [-0.25, -0.2) is 4.98 Å². The first-order valence-corrected chi connectivity index (χ1v) is 11.9. The summed E-state index contributed by atoms with van der Waals surface area (Å²) in [5, 5.41) is 24.0. The maximum absolute atomic E-state index is 8.39. The molecule has 3 aromatic rings. The van der Waals surface area contributed by atoms with E-state index in [1.54, 1.807) is 7.11 Å². The monoisotopic (exact) mass is 476 g/mol. The molecule has 0 amide bonds. The van der Waals surface area contributed by atoms with Crippen molar-refractivity contribution in [3.05, 3.63) is 81.3 Å². The average molecular weight is 477 g/mol. The fourth-order valence-corrected chi connectivity index (χ4v) is 4.73. The molecular formula is C25H28N6O2S. The van der Waals surface area contributed by atoms with Crippen molar-refractivity contribution in [3.8, 4) is 0 Å². The molecule has 1 aliphatic rings. The predicted octanol–water partition coefficient (Wildman–Crippen LogP) is 4.19. The second-order valence-corrected chi connectivity index (χ2v) is 9.08. The van der Waals surface area contributed by atoms with Gasteiger partial charge in [0.25, 0.3) is 6.02 Å². The molecule has 0 aliphatic carbocycles. The number of nitrogens with one attached hydrogen (secondary N) is 4. The van der Waals surface area contributed by atoms with Crippen LogP contribution in [0.4, 0.5) is 5.69 Å². The zero-order valence-electron chi connectivity index (χ0n) is 19.2. The molecule has 176 valence electrons. The standard InChI is InChI=1S/C25H28N6O2S/c1-16-29-23(20(34-16)13-8-14-32-2)24(26)33-25(27)31-21-15-28-19-12-7-6-11-18(19)22(30-21)17-9-4-3-5-10-17/h3-7,9-12,21,26,28H,8,13-15H2,1-2H3,(H2,27,31). The molecule has 2 heterocycles. The molecule has 9 heteroatoms. The van der Waals surface area contributed by atoms with Crippen molar-refractivity contribution >= 4 is 34.7 Å². The number of aromatic nitrogens is 1. The number of amidine groups is 1. The molecule has 4 rings (SSSR count). The molecule has 1 unspecified atom stereocenters. The summed E-state index contributed by atoms with van der Waals surface area (Å²) in [5.74, 6) is -0.147. The largest absolute Gasteiger partial charge is 0.405 e. The molecule has 0 radical (unpaired) electrons. The minimum absolute atomic E-state index is 0.147. The van der Waals surface area contributed by atoms with Gasteiger partial charge in [0, 0.05) is 35.4 Å². The summed E-state index contributed by atoms with van der Waals surface area (Å²) in [6.07, 6.45) is 1.12. The number of hydrogen-bond donors (Lipinski definition) is 4. The number of para-hydroxylation sites is 1. The normalized spacial score (nSPS) is 14.9. The Morgan fingerprint density at radius 2 is 1.91 bits per heavy atom. The van der Waals surface area contributed by atoms with Crippen molar-refractivity contribution in [3.63, 3.8) is 0 Å². The number of benzene rings is 2. The molecule has 0 fully saturated rings. The van der Waals surface area contributed by atoms with Crippen LogP contribution in [0.5, 0.6) is 0 Å². The number of thiazole rings is 1. The Kier molecular flexibility index (Phi) is 7.66. The highest BCUT2D eigenvalue weighted by Gasteiger charge is 2.22. The van der Waals surface area contributed by atoms with Gasteiger partial charge in [-0.05, 0) is 25.8 Å². The van der Waals surface area contributed by atoms with Crippen LogP contribution in [-0.4, -0.2) is 49.0 Å². The summed E-state index contributed by atoms with van der Waals surface area (Å²) < 4.78 is 10.7. The van der Waals surface area contributed by atoms with E-state index in [2.05, 4.69) is 15.6 Å². The van der Waals surface area contributed by atoms with Crippen molar-refractivity contribution < 1.29 is 9.47 Å². The Morgan fingerprint density at radius 3 is 2.71 bits per heavy atom. The van der Waals surface area contributed by atoms with Crippen LogP contribution < -0.4 is 10.6 Å². The van der Waals surface area contributed by atoms with Gasteiger partial charge in [-0.1, -0.05) is 48.5 Å². The highest BCUT2D eigenvalue weighted by molar-refractivity contribution is 7.11. The fourth-order valence-electron chi connectivity index (χ4n) is 3.76. The van der Waals surface area contributed by atoms with E-state index in [4.69, 9.17) is 25.3 Å². The van der Waals surface area contributed by atoms with Crippen LogP contribution in [0.2, 0.25) is 0 Å². The molecule has 1 atom stereocenters. The summed E-state index contributed by atoms with van der Waals surface area (Å²) >= 11 is 1.54. The Bertz CT molecular complexity index is 1190. The molecule has 1 aliphatic heterocycles. The van der Waals surface area contributed by atoms with Crippen LogP contribution >= 0.6 is 11.3 Å². The number of ether oxygens (including phenoxy) is 2. The van der Waals surface area contributed by atoms with E-state index in [0.29, 0.717) is 18.8 Å². The van der Waals surface area contributed by atoms with Crippen molar-refractivity contribution in [1.82, 2.24) is 10.3 Å². The number of methoxy groups -OCH3 is 1. The topological polar surface area (TPSA) is 115 Å². The lowest BCUT2D eigenvalue weighted by molar-refractivity contribution is 0.195. The smallest absolute Gasteiger partial charge is 0.290 e. The third-order valence-corrected chi connectivity index (χ3v) is 6.30. The molecule has 4 N–H and O–H groups in total. The van der Waals surface area contributed by atoms with Gasteiger partial charge >= 0.3 is 0 Å². The second-order valence-electron chi connectivity index (χ2n) is 7.79. The lowest BCUT2D eigenvalue weighted by Gasteiger charge is -2.16. The minimum atomic E-state index is -0.457. The summed E-state index contributed by atoms with van der Waals surface area (Å²) in [4.78, 5) is 10.3. The Balaban J connectivity index is 1.49. The molecule has 0 saturated carbocycles. The van der Waals surface area contributed by atoms with E-state index in [1.807, 2.05) is 61.5 Å². The van der Waals surface area contributed by atoms with Crippen LogP contribution in [0.1, 0.15) is 33.1 Å². The van der Waals surface area contributed by atoms with Crippen molar-refractivity contribution in [2.45, 2.75) is 25.9 Å². The first-order chi connectivity index (χ1) is 16.5. The van der Waals surface area contributed by atoms with Crippen LogP contribution in [0.15, 0.2) is 59.6 Å². The Labute approximate surface area is 203 Å². The maximum Gasteiger partial charge on any atom is 0.290 e. The Morgan fingerprint density at radius 1 is 1.15 bits per heavy atom. The second kappa shape index (κ2) is 11.0. The lowest BCUT2D eigenvalue weighted by Crippen LogP contribution is -2.40. The van der Waals surface area contributed by atoms with Gasteiger partial charge < -0.3 is 20.1 Å². The van der Waals surface area contributed by atoms with Crippen molar-refractivity contribution in [2.75, 3.05) is 25.6 Å². The molecule has 0 spiro atoms. The maximum atomic E-state index is 8.39. The highest BCUT2D eigenvalue weighted by atomic mass is 32.1. The zero-order chi connectivity index (χ0) is 23.9. The number of benzodiazepines with no additional fused rings is 1. The van der Waals surface area contributed by atoms with Crippen LogP contribution in [0.3, 0.4) is 0 Å². The SMILES string of the molecule is COCCCc1sc(C)nc1C(=N)OC(=N)NC1CNc2ccccc2C(c2ccccc2)=N1. The van der Waals surface area contributed by atoms with Gasteiger partial charge in [0.05, 0.1) is 17.3 Å². The third-order valence-electron chi connectivity index (χ3n) is 5.27. The number of aliphatic imine (C=N–C) groups is 1. The van der Waals surface area contributed by atoms with Crippen LogP contribution in [-0.2, 0) is 15.9 Å². The third kappa shape index (κ3) is 5.67.